The van der Waals surface area contributed by atoms with Gasteiger partial charge in [-0.25, -0.2) is 9.59 Å². The number of phenolic OH excluding ortho intramolecular Hbond substituents is 1. The quantitative estimate of drug-likeness (QED) is 0.421. The second-order valence-corrected chi connectivity index (χ2v) is 5.17. The van der Waals surface area contributed by atoms with E-state index in [0.29, 0.717) is 0 Å². The summed E-state index contributed by atoms with van der Waals surface area (Å²) >= 11 is 0. The highest BCUT2D eigenvalue weighted by atomic mass is 16.5. The maximum Gasteiger partial charge on any atom is 0.339 e. The van der Waals surface area contributed by atoms with Crippen LogP contribution in [0.3, 0.4) is 0 Å². The van der Waals surface area contributed by atoms with Gasteiger partial charge in [-0.3, -0.25) is 9.59 Å². The Morgan fingerprint density at radius 3 is 2.00 bits per heavy atom. The zero-order chi connectivity index (χ0) is 20.0. The summed E-state index contributed by atoms with van der Waals surface area (Å²) in [7, 11) is 2.32. The Hall–Kier alpha value is -3.88. The number of carbonyl (C=O) groups excluding carboxylic acids is 4. The zero-order valence-corrected chi connectivity index (χ0v) is 14.4. The number of amides is 2. The molecular formula is C18H16N2O7. The van der Waals surface area contributed by atoms with E-state index in [4.69, 9.17) is 0 Å². The Balaban J connectivity index is 2.26. The fraction of sp³-hybridized carbons (Fsp3) is 0.111. The largest absolute Gasteiger partial charge is 0.506 e. The van der Waals surface area contributed by atoms with Crippen molar-refractivity contribution in [3.05, 3.63) is 53.6 Å². The topological polar surface area (TPSA) is 131 Å². The minimum atomic E-state index is -1.12. The number of methoxy groups -OCH3 is 2. The smallest absolute Gasteiger partial charge is 0.339 e. The fourth-order valence-electron chi connectivity index (χ4n) is 2.12. The number of esters is 2. The Kier molecular flexibility index (Phi) is 6.10. The number of hydrogen-bond acceptors (Lipinski definition) is 7. The van der Waals surface area contributed by atoms with E-state index in [-0.39, 0.29) is 28.3 Å². The van der Waals surface area contributed by atoms with Crippen molar-refractivity contribution in [1.82, 2.24) is 0 Å². The molecule has 0 atom stereocenters. The summed E-state index contributed by atoms with van der Waals surface area (Å²) in [5.74, 6) is -3.90. The van der Waals surface area contributed by atoms with E-state index in [1.165, 1.54) is 37.4 Å². The van der Waals surface area contributed by atoms with Crippen molar-refractivity contribution in [2.24, 2.45) is 0 Å². The molecule has 0 bridgehead atoms. The average molecular weight is 372 g/mol. The van der Waals surface area contributed by atoms with E-state index in [0.717, 1.165) is 7.11 Å². The standard InChI is InChI=1S/C18H16N2O7/c1-26-17(24)10-7-8-11(18(25)27-2)13(9-10)20-16(23)15(22)19-12-5-3-4-6-14(12)21/h3-9,21H,1-2H3,(H,19,22)(H,20,23). The molecule has 3 N–H and O–H groups in total. The van der Waals surface area contributed by atoms with Gasteiger partial charge in [0.25, 0.3) is 0 Å². The van der Waals surface area contributed by atoms with Gasteiger partial charge in [-0.2, -0.15) is 0 Å². The van der Waals surface area contributed by atoms with Crippen molar-refractivity contribution in [3.63, 3.8) is 0 Å². The van der Waals surface area contributed by atoms with Crippen molar-refractivity contribution < 1.29 is 33.8 Å². The van der Waals surface area contributed by atoms with Gasteiger partial charge >= 0.3 is 23.8 Å². The Bertz CT molecular complexity index is 908. The Morgan fingerprint density at radius 2 is 1.41 bits per heavy atom. The van der Waals surface area contributed by atoms with E-state index in [1.807, 2.05) is 0 Å². The van der Waals surface area contributed by atoms with Crippen LogP contribution in [0.5, 0.6) is 5.75 Å². The maximum atomic E-state index is 12.2. The van der Waals surface area contributed by atoms with Crippen molar-refractivity contribution in [3.8, 4) is 5.75 Å². The lowest BCUT2D eigenvalue weighted by Gasteiger charge is -2.12. The lowest BCUT2D eigenvalue weighted by atomic mass is 10.1. The number of ether oxygens (including phenoxy) is 2. The molecule has 0 radical (unpaired) electrons. The summed E-state index contributed by atoms with van der Waals surface area (Å²) in [4.78, 5) is 47.7. The molecule has 0 aliphatic rings. The summed E-state index contributed by atoms with van der Waals surface area (Å²) in [6.07, 6.45) is 0. The van der Waals surface area contributed by atoms with E-state index in [9.17, 15) is 24.3 Å². The molecule has 140 valence electrons. The van der Waals surface area contributed by atoms with E-state index < -0.39 is 23.8 Å². The molecule has 9 nitrogen and oxygen atoms in total. The highest BCUT2D eigenvalue weighted by Crippen LogP contribution is 2.22. The summed E-state index contributed by atoms with van der Waals surface area (Å²) in [5, 5.41) is 14.1. The van der Waals surface area contributed by atoms with E-state index >= 15 is 0 Å². The van der Waals surface area contributed by atoms with Crippen LogP contribution in [0.25, 0.3) is 0 Å². The van der Waals surface area contributed by atoms with Crippen LogP contribution in [-0.2, 0) is 19.1 Å². The number of carbonyl (C=O) groups is 4. The van der Waals surface area contributed by atoms with Crippen LogP contribution >= 0.6 is 0 Å². The minimum absolute atomic E-state index is 0.0363. The predicted octanol–water partition coefficient (Wildman–Crippen LogP) is 1.54. The summed E-state index contributed by atoms with van der Waals surface area (Å²) < 4.78 is 9.20. The number of hydrogen-bond donors (Lipinski definition) is 3. The van der Waals surface area contributed by atoms with Gasteiger partial charge in [0.1, 0.15) is 5.75 Å². The van der Waals surface area contributed by atoms with Crippen LogP contribution in [0.2, 0.25) is 0 Å². The molecule has 0 saturated carbocycles. The average Bonchev–Trinajstić information content (AvgIpc) is 2.68. The van der Waals surface area contributed by atoms with Gasteiger partial charge in [0, 0.05) is 0 Å². The normalized spacial score (nSPS) is 9.85. The highest BCUT2D eigenvalue weighted by molar-refractivity contribution is 6.44. The van der Waals surface area contributed by atoms with Crippen LogP contribution in [0.4, 0.5) is 11.4 Å². The van der Waals surface area contributed by atoms with Crippen molar-refractivity contribution >= 4 is 35.1 Å². The SMILES string of the molecule is COC(=O)c1ccc(C(=O)OC)c(NC(=O)C(=O)Nc2ccccc2O)c1. The Morgan fingerprint density at radius 1 is 0.815 bits per heavy atom. The molecule has 0 spiro atoms. The number of para-hydroxylation sites is 2. The van der Waals surface area contributed by atoms with Crippen molar-refractivity contribution in [1.29, 1.82) is 0 Å². The molecule has 0 fully saturated rings. The first-order valence-electron chi connectivity index (χ1n) is 7.58. The monoisotopic (exact) mass is 372 g/mol. The highest BCUT2D eigenvalue weighted by Gasteiger charge is 2.21. The van der Waals surface area contributed by atoms with Gasteiger partial charge in [-0.1, -0.05) is 12.1 Å². The fourth-order valence-corrected chi connectivity index (χ4v) is 2.12. The summed E-state index contributed by atoms with van der Waals surface area (Å²) in [6.45, 7) is 0. The van der Waals surface area contributed by atoms with Crippen molar-refractivity contribution in [2.75, 3.05) is 24.9 Å². The summed E-state index contributed by atoms with van der Waals surface area (Å²) in [5.41, 5.74) is -0.0771. The molecule has 0 aliphatic carbocycles. The molecule has 2 aromatic carbocycles. The van der Waals surface area contributed by atoms with E-state index in [2.05, 4.69) is 20.1 Å². The van der Waals surface area contributed by atoms with Crippen LogP contribution in [0.15, 0.2) is 42.5 Å². The van der Waals surface area contributed by atoms with Gasteiger partial charge in [0.2, 0.25) is 0 Å². The maximum absolute atomic E-state index is 12.2. The molecule has 0 heterocycles. The van der Waals surface area contributed by atoms with Crippen LogP contribution < -0.4 is 10.6 Å². The molecule has 9 heteroatoms. The lowest BCUT2D eigenvalue weighted by molar-refractivity contribution is -0.133. The molecule has 0 aromatic heterocycles. The van der Waals surface area contributed by atoms with Gasteiger partial charge in [-0.15, -0.1) is 0 Å². The van der Waals surface area contributed by atoms with E-state index in [1.54, 1.807) is 12.1 Å². The molecule has 2 rings (SSSR count). The van der Waals surface area contributed by atoms with Gasteiger partial charge < -0.3 is 25.2 Å². The molecule has 0 saturated heterocycles. The third kappa shape index (κ3) is 4.60. The van der Waals surface area contributed by atoms with Gasteiger partial charge in [0.15, 0.2) is 0 Å². The molecule has 0 aliphatic heterocycles. The summed E-state index contributed by atoms with van der Waals surface area (Å²) in [6, 6.07) is 9.60. The van der Waals surface area contributed by atoms with Gasteiger partial charge in [0.05, 0.1) is 36.7 Å². The van der Waals surface area contributed by atoms with Crippen LogP contribution in [0.1, 0.15) is 20.7 Å². The first kappa shape index (κ1) is 19.4. The third-order valence-electron chi connectivity index (χ3n) is 3.45. The van der Waals surface area contributed by atoms with Crippen LogP contribution in [0, 0.1) is 0 Å². The number of rotatable bonds is 4. The second kappa shape index (κ2) is 8.48. The first-order valence-corrected chi connectivity index (χ1v) is 7.58. The number of phenols is 1. The number of anilines is 2. The molecule has 2 aromatic rings. The van der Waals surface area contributed by atoms with Gasteiger partial charge in [-0.05, 0) is 30.3 Å². The molecule has 0 unspecified atom stereocenters. The van der Waals surface area contributed by atoms with Crippen molar-refractivity contribution in [2.45, 2.75) is 0 Å². The lowest BCUT2D eigenvalue weighted by Crippen LogP contribution is -2.30. The second-order valence-electron chi connectivity index (χ2n) is 5.17. The Labute approximate surface area is 153 Å². The number of benzene rings is 2. The van der Waals surface area contributed by atoms with Crippen LogP contribution in [-0.4, -0.2) is 43.1 Å². The first-order chi connectivity index (χ1) is 12.9. The zero-order valence-electron chi connectivity index (χ0n) is 14.4. The number of aromatic hydroxyl groups is 1. The molecule has 2 amide bonds. The molecular weight excluding hydrogens is 356 g/mol. The minimum Gasteiger partial charge on any atom is -0.506 e. The third-order valence-corrected chi connectivity index (χ3v) is 3.45. The molecule has 27 heavy (non-hydrogen) atoms. The number of nitrogens with one attached hydrogen (secondary N) is 2. The predicted molar refractivity (Wildman–Crippen MR) is 94.5 cm³/mol.